The second kappa shape index (κ2) is 4.97. The van der Waals surface area contributed by atoms with Gasteiger partial charge in [0.05, 0.1) is 6.61 Å². The zero-order valence-electron chi connectivity index (χ0n) is 9.64. The summed E-state index contributed by atoms with van der Waals surface area (Å²) in [7, 11) is 0. The van der Waals surface area contributed by atoms with Crippen molar-refractivity contribution in [3.8, 4) is 5.75 Å². The zero-order chi connectivity index (χ0) is 12.3. The zero-order valence-corrected chi connectivity index (χ0v) is 9.64. The summed E-state index contributed by atoms with van der Waals surface area (Å²) in [6.45, 7) is 1.60. The van der Waals surface area contributed by atoms with E-state index in [1.54, 1.807) is 13.0 Å². The Labute approximate surface area is 99.6 Å². The first-order valence-corrected chi connectivity index (χ1v) is 5.58. The van der Waals surface area contributed by atoms with Gasteiger partial charge in [-0.1, -0.05) is 43.3 Å². The predicted octanol–water partition coefficient (Wildman–Crippen LogP) is 2.65. The standard InChI is InChI=1S/C14H14O3/c1-2-13(16)17-14-11(9-15)8-7-10-5-3-4-6-12(10)14/h3-8,15H,2,9H2,1H3. The number of ether oxygens (including phenoxy) is 1. The molecule has 0 saturated carbocycles. The SMILES string of the molecule is CCC(=O)Oc1c(CO)ccc2ccccc12. The molecule has 0 spiro atoms. The van der Waals surface area contributed by atoms with Gasteiger partial charge in [-0.05, 0) is 5.39 Å². The molecule has 0 aliphatic heterocycles. The van der Waals surface area contributed by atoms with E-state index in [2.05, 4.69) is 0 Å². The van der Waals surface area contributed by atoms with Crippen LogP contribution in [0.25, 0.3) is 10.8 Å². The van der Waals surface area contributed by atoms with E-state index in [1.165, 1.54) is 0 Å². The van der Waals surface area contributed by atoms with Crippen molar-refractivity contribution in [3.63, 3.8) is 0 Å². The third kappa shape index (κ3) is 2.29. The lowest BCUT2D eigenvalue weighted by Gasteiger charge is -2.11. The van der Waals surface area contributed by atoms with Gasteiger partial charge in [-0.2, -0.15) is 0 Å². The molecular weight excluding hydrogens is 216 g/mol. The van der Waals surface area contributed by atoms with Crippen molar-refractivity contribution in [1.29, 1.82) is 0 Å². The van der Waals surface area contributed by atoms with Crippen LogP contribution in [0.4, 0.5) is 0 Å². The number of fused-ring (bicyclic) bond motifs is 1. The van der Waals surface area contributed by atoms with Crippen molar-refractivity contribution < 1.29 is 14.6 Å². The molecule has 0 saturated heterocycles. The summed E-state index contributed by atoms with van der Waals surface area (Å²) < 4.78 is 5.30. The van der Waals surface area contributed by atoms with Gasteiger partial charge in [0, 0.05) is 17.4 Å². The molecule has 3 nitrogen and oxygen atoms in total. The highest BCUT2D eigenvalue weighted by molar-refractivity contribution is 5.91. The highest BCUT2D eigenvalue weighted by Gasteiger charge is 2.11. The molecule has 1 N–H and O–H groups in total. The fraction of sp³-hybridized carbons (Fsp3) is 0.214. The molecule has 0 heterocycles. The maximum atomic E-state index is 11.4. The maximum absolute atomic E-state index is 11.4. The molecule has 0 unspecified atom stereocenters. The Hall–Kier alpha value is -1.87. The minimum Gasteiger partial charge on any atom is -0.425 e. The van der Waals surface area contributed by atoms with Crippen LogP contribution < -0.4 is 4.74 Å². The molecule has 2 rings (SSSR count). The maximum Gasteiger partial charge on any atom is 0.310 e. The Balaban J connectivity index is 2.58. The fourth-order valence-electron chi connectivity index (χ4n) is 1.72. The van der Waals surface area contributed by atoms with Crippen molar-refractivity contribution >= 4 is 16.7 Å². The molecule has 0 amide bonds. The van der Waals surface area contributed by atoms with Gasteiger partial charge < -0.3 is 9.84 Å². The number of hydrogen-bond donors (Lipinski definition) is 1. The van der Waals surface area contributed by atoms with Crippen LogP contribution in [-0.4, -0.2) is 11.1 Å². The number of benzene rings is 2. The van der Waals surface area contributed by atoms with Crippen LogP contribution in [-0.2, 0) is 11.4 Å². The van der Waals surface area contributed by atoms with E-state index in [9.17, 15) is 9.90 Å². The van der Waals surface area contributed by atoms with Crippen molar-refractivity contribution in [1.82, 2.24) is 0 Å². The van der Waals surface area contributed by atoms with Crippen molar-refractivity contribution in [3.05, 3.63) is 42.0 Å². The minimum absolute atomic E-state index is 0.142. The molecule has 0 aliphatic carbocycles. The van der Waals surface area contributed by atoms with Crippen LogP contribution >= 0.6 is 0 Å². The first-order valence-electron chi connectivity index (χ1n) is 5.58. The molecule has 0 atom stereocenters. The van der Waals surface area contributed by atoms with Gasteiger partial charge in [0.1, 0.15) is 5.75 Å². The molecule has 0 aliphatic rings. The third-order valence-corrected chi connectivity index (χ3v) is 2.64. The van der Waals surface area contributed by atoms with E-state index in [0.29, 0.717) is 17.7 Å². The van der Waals surface area contributed by atoms with E-state index < -0.39 is 0 Å². The summed E-state index contributed by atoms with van der Waals surface area (Å²) in [4.78, 5) is 11.4. The molecule has 0 bridgehead atoms. The molecule has 2 aromatic rings. The number of rotatable bonds is 3. The number of aliphatic hydroxyl groups is 1. The van der Waals surface area contributed by atoms with Gasteiger partial charge in [0.15, 0.2) is 0 Å². The number of hydrogen-bond acceptors (Lipinski definition) is 3. The first-order chi connectivity index (χ1) is 8.26. The lowest BCUT2D eigenvalue weighted by atomic mass is 10.1. The smallest absolute Gasteiger partial charge is 0.310 e. The summed E-state index contributed by atoms with van der Waals surface area (Å²) in [5.74, 6) is 0.175. The highest BCUT2D eigenvalue weighted by Crippen LogP contribution is 2.30. The second-order valence-corrected chi connectivity index (χ2v) is 3.76. The predicted molar refractivity (Wildman–Crippen MR) is 65.8 cm³/mol. The van der Waals surface area contributed by atoms with E-state index in [1.807, 2.05) is 30.3 Å². The van der Waals surface area contributed by atoms with Crippen LogP contribution in [0.5, 0.6) is 5.75 Å². The lowest BCUT2D eigenvalue weighted by molar-refractivity contribution is -0.133. The summed E-state index contributed by atoms with van der Waals surface area (Å²) >= 11 is 0. The summed E-state index contributed by atoms with van der Waals surface area (Å²) in [6, 6.07) is 11.3. The number of aliphatic hydroxyl groups excluding tert-OH is 1. The molecule has 0 fully saturated rings. The van der Waals surface area contributed by atoms with Crippen LogP contribution in [0.3, 0.4) is 0 Å². The Morgan fingerprint density at radius 3 is 2.71 bits per heavy atom. The van der Waals surface area contributed by atoms with Crippen LogP contribution in [0.1, 0.15) is 18.9 Å². The molecular formula is C14H14O3. The van der Waals surface area contributed by atoms with E-state index >= 15 is 0 Å². The van der Waals surface area contributed by atoms with Crippen LogP contribution in [0.2, 0.25) is 0 Å². The number of carbonyl (C=O) groups is 1. The molecule has 17 heavy (non-hydrogen) atoms. The summed E-state index contributed by atoms with van der Waals surface area (Å²) in [5, 5.41) is 11.1. The van der Waals surface area contributed by atoms with Gasteiger partial charge in [-0.25, -0.2) is 0 Å². The Bertz CT molecular complexity index is 546. The van der Waals surface area contributed by atoms with Crippen molar-refractivity contribution in [2.75, 3.05) is 0 Å². The number of carbonyl (C=O) groups excluding carboxylic acids is 1. The topological polar surface area (TPSA) is 46.5 Å². The van der Waals surface area contributed by atoms with Gasteiger partial charge >= 0.3 is 5.97 Å². The second-order valence-electron chi connectivity index (χ2n) is 3.76. The molecule has 0 aromatic heterocycles. The van der Waals surface area contributed by atoms with Gasteiger partial charge in [-0.3, -0.25) is 4.79 Å². The van der Waals surface area contributed by atoms with Crippen molar-refractivity contribution in [2.45, 2.75) is 20.0 Å². The van der Waals surface area contributed by atoms with Gasteiger partial charge in [0.25, 0.3) is 0 Å². The average molecular weight is 230 g/mol. The van der Waals surface area contributed by atoms with Crippen molar-refractivity contribution in [2.24, 2.45) is 0 Å². The summed E-state index contributed by atoms with van der Waals surface area (Å²) in [6.07, 6.45) is 0.314. The Kier molecular flexibility index (Phi) is 3.40. The van der Waals surface area contributed by atoms with Crippen LogP contribution in [0, 0.1) is 0 Å². The average Bonchev–Trinajstić information content (AvgIpc) is 2.39. The third-order valence-electron chi connectivity index (χ3n) is 2.64. The molecule has 0 radical (unpaired) electrons. The largest absolute Gasteiger partial charge is 0.425 e. The Morgan fingerprint density at radius 2 is 2.00 bits per heavy atom. The van der Waals surface area contributed by atoms with Gasteiger partial charge in [0.2, 0.25) is 0 Å². The van der Waals surface area contributed by atoms with Crippen LogP contribution in [0.15, 0.2) is 36.4 Å². The minimum atomic E-state index is -0.295. The summed E-state index contributed by atoms with van der Waals surface area (Å²) in [5.41, 5.74) is 0.630. The van der Waals surface area contributed by atoms with Gasteiger partial charge in [-0.15, -0.1) is 0 Å². The van der Waals surface area contributed by atoms with E-state index in [0.717, 1.165) is 10.8 Å². The molecule has 3 heteroatoms. The van der Waals surface area contributed by atoms with E-state index in [-0.39, 0.29) is 12.6 Å². The Morgan fingerprint density at radius 1 is 1.24 bits per heavy atom. The fourth-order valence-corrected chi connectivity index (χ4v) is 1.72. The molecule has 2 aromatic carbocycles. The number of esters is 1. The quantitative estimate of drug-likeness (QED) is 0.651. The molecule has 88 valence electrons. The monoisotopic (exact) mass is 230 g/mol. The first kappa shape index (κ1) is 11.6. The lowest BCUT2D eigenvalue weighted by Crippen LogP contribution is -2.08. The highest BCUT2D eigenvalue weighted by atomic mass is 16.5. The normalized spacial score (nSPS) is 10.5. The van der Waals surface area contributed by atoms with E-state index in [4.69, 9.17) is 4.74 Å².